The standard InChI is InChI=1S/C17H17FN4O/c1-12-8-22(11-20-12)14-2-3-15(16(18)7-14)17(23)6-13-4-5-21(9-13)10-19/h2-3,7-8,11,13H,4-6,9H2,1H3/t13-/m0/s1. The van der Waals surface area contributed by atoms with Gasteiger partial charge in [-0.25, -0.2) is 9.37 Å². The second kappa shape index (κ2) is 6.21. The number of imidazole rings is 1. The Kier molecular flexibility index (Phi) is 4.11. The number of hydrogen-bond donors (Lipinski definition) is 0. The van der Waals surface area contributed by atoms with Gasteiger partial charge in [0, 0.05) is 31.4 Å². The molecule has 0 bridgehead atoms. The molecule has 1 aliphatic heterocycles. The topological polar surface area (TPSA) is 61.9 Å². The number of carbonyl (C=O) groups excluding carboxylic acids is 1. The molecule has 6 heteroatoms. The van der Waals surface area contributed by atoms with Crippen LogP contribution in [0.3, 0.4) is 0 Å². The summed E-state index contributed by atoms with van der Waals surface area (Å²) in [6, 6.07) is 4.59. The van der Waals surface area contributed by atoms with Gasteiger partial charge >= 0.3 is 0 Å². The Labute approximate surface area is 134 Å². The summed E-state index contributed by atoms with van der Waals surface area (Å²) in [5, 5.41) is 8.84. The van der Waals surface area contributed by atoms with Crippen molar-refractivity contribution in [1.82, 2.24) is 14.5 Å². The lowest BCUT2D eigenvalue weighted by Gasteiger charge is -2.10. The molecule has 2 heterocycles. The van der Waals surface area contributed by atoms with Crippen LogP contribution in [0.15, 0.2) is 30.7 Å². The van der Waals surface area contributed by atoms with Crippen molar-refractivity contribution in [2.45, 2.75) is 19.8 Å². The Bertz CT molecular complexity index is 777. The number of ketones is 1. The van der Waals surface area contributed by atoms with Gasteiger partial charge in [-0.15, -0.1) is 0 Å². The Hall–Kier alpha value is -2.68. The van der Waals surface area contributed by atoms with Gasteiger partial charge in [-0.3, -0.25) is 4.79 Å². The molecule has 3 rings (SSSR count). The number of aryl methyl sites for hydroxylation is 1. The molecule has 1 aromatic heterocycles. The van der Waals surface area contributed by atoms with Crippen LogP contribution in [-0.2, 0) is 0 Å². The van der Waals surface area contributed by atoms with E-state index >= 15 is 0 Å². The van der Waals surface area contributed by atoms with E-state index in [4.69, 9.17) is 5.26 Å². The minimum absolute atomic E-state index is 0.112. The van der Waals surface area contributed by atoms with Gasteiger partial charge in [0.15, 0.2) is 12.0 Å². The van der Waals surface area contributed by atoms with E-state index in [1.54, 1.807) is 28.1 Å². The van der Waals surface area contributed by atoms with Gasteiger partial charge in [-0.2, -0.15) is 5.26 Å². The Morgan fingerprint density at radius 1 is 1.52 bits per heavy atom. The van der Waals surface area contributed by atoms with Crippen molar-refractivity contribution in [3.8, 4) is 11.9 Å². The molecule has 0 amide bonds. The number of carbonyl (C=O) groups is 1. The maximum Gasteiger partial charge on any atom is 0.179 e. The van der Waals surface area contributed by atoms with Crippen LogP contribution >= 0.6 is 0 Å². The van der Waals surface area contributed by atoms with E-state index in [-0.39, 0.29) is 23.7 Å². The smallest absolute Gasteiger partial charge is 0.179 e. The molecule has 0 saturated carbocycles. The highest BCUT2D eigenvalue weighted by Crippen LogP contribution is 2.23. The highest BCUT2D eigenvalue weighted by Gasteiger charge is 2.25. The van der Waals surface area contributed by atoms with E-state index in [0.717, 1.165) is 12.1 Å². The van der Waals surface area contributed by atoms with Crippen LogP contribution in [-0.4, -0.2) is 33.3 Å². The van der Waals surface area contributed by atoms with Gasteiger partial charge in [-0.1, -0.05) is 0 Å². The van der Waals surface area contributed by atoms with Gasteiger partial charge in [-0.05, 0) is 37.5 Å². The normalized spacial score (nSPS) is 17.3. The van der Waals surface area contributed by atoms with E-state index in [0.29, 0.717) is 18.8 Å². The molecule has 0 aliphatic carbocycles. The van der Waals surface area contributed by atoms with E-state index in [1.165, 1.54) is 12.1 Å². The largest absolute Gasteiger partial charge is 0.310 e. The molecule has 0 radical (unpaired) electrons. The number of aromatic nitrogens is 2. The number of benzene rings is 1. The van der Waals surface area contributed by atoms with Gasteiger partial charge in [0.05, 0.1) is 17.6 Å². The molecule has 23 heavy (non-hydrogen) atoms. The van der Waals surface area contributed by atoms with Crippen LogP contribution in [0.4, 0.5) is 4.39 Å². The summed E-state index contributed by atoms with van der Waals surface area (Å²) in [4.78, 5) is 18.1. The summed E-state index contributed by atoms with van der Waals surface area (Å²) in [5.74, 6) is -0.604. The summed E-state index contributed by atoms with van der Waals surface area (Å²) in [6.45, 7) is 3.11. The summed E-state index contributed by atoms with van der Waals surface area (Å²) in [6.07, 6.45) is 6.57. The first-order valence-corrected chi connectivity index (χ1v) is 7.55. The molecule has 0 spiro atoms. The fourth-order valence-electron chi connectivity index (χ4n) is 2.92. The number of nitrogens with zero attached hydrogens (tertiary/aromatic N) is 4. The van der Waals surface area contributed by atoms with Crippen LogP contribution in [0.2, 0.25) is 0 Å². The molecule has 1 aliphatic rings. The molecule has 1 atom stereocenters. The van der Waals surface area contributed by atoms with Crippen molar-refractivity contribution in [1.29, 1.82) is 5.26 Å². The summed E-state index contributed by atoms with van der Waals surface area (Å²) >= 11 is 0. The molecule has 1 saturated heterocycles. The molecule has 0 unspecified atom stereocenters. The number of halogens is 1. The third-order valence-corrected chi connectivity index (χ3v) is 4.16. The first kappa shape index (κ1) is 15.2. The monoisotopic (exact) mass is 312 g/mol. The van der Waals surface area contributed by atoms with Crippen molar-refractivity contribution in [2.75, 3.05) is 13.1 Å². The van der Waals surface area contributed by atoms with Crippen LogP contribution in [0, 0.1) is 30.1 Å². The average Bonchev–Trinajstić information content (AvgIpc) is 3.16. The average molecular weight is 312 g/mol. The molecule has 2 aromatic rings. The second-order valence-corrected chi connectivity index (χ2v) is 5.91. The van der Waals surface area contributed by atoms with E-state index in [1.807, 2.05) is 6.92 Å². The van der Waals surface area contributed by atoms with E-state index in [9.17, 15) is 9.18 Å². The van der Waals surface area contributed by atoms with Crippen molar-refractivity contribution in [3.05, 3.63) is 47.8 Å². The number of hydrogen-bond acceptors (Lipinski definition) is 4. The second-order valence-electron chi connectivity index (χ2n) is 5.91. The fraction of sp³-hybridized carbons (Fsp3) is 0.353. The minimum atomic E-state index is -0.519. The minimum Gasteiger partial charge on any atom is -0.310 e. The number of nitriles is 1. The quantitative estimate of drug-likeness (QED) is 0.643. The maximum atomic E-state index is 14.3. The van der Waals surface area contributed by atoms with Gasteiger partial charge in [0.25, 0.3) is 0 Å². The highest BCUT2D eigenvalue weighted by atomic mass is 19.1. The predicted molar refractivity (Wildman–Crippen MR) is 82.5 cm³/mol. The Morgan fingerprint density at radius 2 is 2.35 bits per heavy atom. The van der Waals surface area contributed by atoms with E-state index < -0.39 is 5.82 Å². The summed E-state index contributed by atoms with van der Waals surface area (Å²) < 4.78 is 16.0. The van der Waals surface area contributed by atoms with Crippen molar-refractivity contribution in [3.63, 3.8) is 0 Å². The molecular formula is C17H17FN4O. The molecular weight excluding hydrogens is 295 g/mol. The van der Waals surface area contributed by atoms with Crippen LogP contribution in [0.5, 0.6) is 0 Å². The summed E-state index contributed by atoms with van der Waals surface area (Å²) in [7, 11) is 0. The lowest BCUT2D eigenvalue weighted by atomic mass is 9.97. The fourth-order valence-corrected chi connectivity index (χ4v) is 2.92. The lowest BCUT2D eigenvalue weighted by Crippen LogP contribution is -2.16. The van der Waals surface area contributed by atoms with Crippen molar-refractivity contribution >= 4 is 5.78 Å². The maximum absolute atomic E-state index is 14.3. The first-order chi connectivity index (χ1) is 11.1. The van der Waals surface area contributed by atoms with Crippen LogP contribution < -0.4 is 0 Å². The SMILES string of the molecule is Cc1cn(-c2ccc(C(=O)C[C@@H]3CCN(C#N)C3)c(F)c2)cn1. The molecule has 1 aromatic carbocycles. The molecule has 118 valence electrons. The third-order valence-electron chi connectivity index (χ3n) is 4.16. The van der Waals surface area contributed by atoms with Crippen molar-refractivity contribution in [2.24, 2.45) is 5.92 Å². The predicted octanol–water partition coefficient (Wildman–Crippen LogP) is 2.70. The van der Waals surface area contributed by atoms with E-state index in [2.05, 4.69) is 11.2 Å². The van der Waals surface area contributed by atoms with Crippen molar-refractivity contribution < 1.29 is 9.18 Å². The zero-order chi connectivity index (χ0) is 16.4. The summed E-state index contributed by atoms with van der Waals surface area (Å²) in [5.41, 5.74) is 1.59. The van der Waals surface area contributed by atoms with Gasteiger partial charge in [0.1, 0.15) is 5.82 Å². The number of Topliss-reactive ketones (excluding diaryl/α,β-unsaturated/α-hetero) is 1. The molecule has 1 fully saturated rings. The number of rotatable bonds is 4. The number of likely N-dealkylation sites (tertiary alicyclic amines) is 1. The van der Waals surface area contributed by atoms with Crippen LogP contribution in [0.1, 0.15) is 28.9 Å². The van der Waals surface area contributed by atoms with Gasteiger partial charge < -0.3 is 9.47 Å². The highest BCUT2D eigenvalue weighted by molar-refractivity contribution is 5.96. The van der Waals surface area contributed by atoms with Crippen LogP contribution in [0.25, 0.3) is 5.69 Å². The molecule has 0 N–H and O–H groups in total. The molecule has 5 nitrogen and oxygen atoms in total. The third kappa shape index (κ3) is 3.24. The zero-order valence-electron chi connectivity index (χ0n) is 12.9. The Morgan fingerprint density at radius 3 is 2.96 bits per heavy atom. The zero-order valence-corrected chi connectivity index (χ0v) is 12.9. The van der Waals surface area contributed by atoms with Gasteiger partial charge in [0.2, 0.25) is 0 Å². The first-order valence-electron chi connectivity index (χ1n) is 7.55. The lowest BCUT2D eigenvalue weighted by molar-refractivity contribution is 0.0959. The Balaban J connectivity index is 1.73.